The van der Waals surface area contributed by atoms with Gasteiger partial charge in [0.2, 0.25) is 11.8 Å². The van der Waals surface area contributed by atoms with E-state index >= 15 is 0 Å². The minimum Gasteiger partial charge on any atom is -0.378 e. The number of pyridine rings is 1. The van der Waals surface area contributed by atoms with E-state index in [0.29, 0.717) is 37.0 Å². The molecule has 1 aromatic heterocycles. The van der Waals surface area contributed by atoms with Crippen molar-refractivity contribution in [2.24, 2.45) is 0 Å². The van der Waals surface area contributed by atoms with Crippen molar-refractivity contribution in [2.75, 3.05) is 67.6 Å². The molecule has 2 amide bonds. The molecule has 0 radical (unpaired) electrons. The second kappa shape index (κ2) is 11.6. The van der Waals surface area contributed by atoms with Crippen molar-refractivity contribution in [2.45, 2.75) is 26.7 Å². The molecule has 2 saturated heterocycles. The molecule has 5 rings (SSSR count). The van der Waals surface area contributed by atoms with Gasteiger partial charge in [-0.3, -0.25) is 9.59 Å². The summed E-state index contributed by atoms with van der Waals surface area (Å²) in [6, 6.07) is 13.7. The van der Waals surface area contributed by atoms with Gasteiger partial charge >= 0.3 is 0 Å². The number of fused-ring (bicyclic) bond motifs is 1. The third-order valence-electron chi connectivity index (χ3n) is 7.33. The second-order valence-electron chi connectivity index (χ2n) is 9.98. The van der Waals surface area contributed by atoms with E-state index in [1.807, 2.05) is 41.3 Å². The maximum absolute atomic E-state index is 12.8. The van der Waals surface area contributed by atoms with Crippen molar-refractivity contribution >= 4 is 51.5 Å². The van der Waals surface area contributed by atoms with E-state index in [-0.39, 0.29) is 24.7 Å². The number of carbonyl (C=O) groups excluding carboxylic acids is 2. The highest BCUT2D eigenvalue weighted by Gasteiger charge is 2.23. The summed E-state index contributed by atoms with van der Waals surface area (Å²) >= 11 is 6.18. The van der Waals surface area contributed by atoms with E-state index in [9.17, 15) is 9.59 Å². The van der Waals surface area contributed by atoms with Crippen LogP contribution in [0.1, 0.15) is 24.0 Å². The van der Waals surface area contributed by atoms with Gasteiger partial charge in [-0.15, -0.1) is 0 Å². The quantitative estimate of drug-likeness (QED) is 0.504. The predicted octanol–water partition coefficient (Wildman–Crippen LogP) is 4.41. The fourth-order valence-corrected chi connectivity index (χ4v) is 5.30. The Kier molecular flexibility index (Phi) is 8.00. The molecule has 200 valence electrons. The maximum atomic E-state index is 12.8. The number of piperazine rings is 1. The number of aromatic nitrogens is 1. The van der Waals surface area contributed by atoms with E-state index in [1.165, 1.54) is 5.56 Å². The van der Waals surface area contributed by atoms with E-state index < -0.39 is 0 Å². The molecule has 2 aliphatic heterocycles. The molecule has 0 atom stereocenters. The summed E-state index contributed by atoms with van der Waals surface area (Å²) in [5, 5.41) is 4.67. The average Bonchev–Trinajstić information content (AvgIpc) is 2.94. The Morgan fingerprint density at radius 2 is 1.66 bits per heavy atom. The maximum Gasteiger partial charge on any atom is 0.224 e. The van der Waals surface area contributed by atoms with Crippen LogP contribution in [0.25, 0.3) is 10.9 Å². The van der Waals surface area contributed by atoms with Gasteiger partial charge in [0.15, 0.2) is 0 Å². The molecular weight excluding hydrogens is 502 g/mol. The molecule has 9 heteroatoms. The van der Waals surface area contributed by atoms with Crippen LogP contribution in [0.5, 0.6) is 0 Å². The van der Waals surface area contributed by atoms with Crippen LogP contribution in [0, 0.1) is 13.8 Å². The Hall–Kier alpha value is -3.36. The van der Waals surface area contributed by atoms with E-state index in [1.54, 1.807) is 0 Å². The summed E-state index contributed by atoms with van der Waals surface area (Å²) < 4.78 is 5.45. The van der Waals surface area contributed by atoms with Crippen molar-refractivity contribution < 1.29 is 14.3 Å². The zero-order chi connectivity index (χ0) is 26.6. The number of nitrogens with zero attached hydrogens (tertiary/aromatic N) is 4. The number of rotatable bonds is 6. The Morgan fingerprint density at radius 3 is 2.42 bits per heavy atom. The van der Waals surface area contributed by atoms with Crippen LogP contribution in [-0.4, -0.2) is 74.2 Å². The summed E-state index contributed by atoms with van der Waals surface area (Å²) in [5.41, 5.74) is 5.00. The molecule has 0 bridgehead atoms. The lowest BCUT2D eigenvalue weighted by molar-refractivity contribution is -0.133. The van der Waals surface area contributed by atoms with Gasteiger partial charge in [-0.1, -0.05) is 17.7 Å². The zero-order valence-electron chi connectivity index (χ0n) is 22.0. The number of hydrogen-bond acceptors (Lipinski definition) is 6. The lowest BCUT2D eigenvalue weighted by atomic mass is 10.1. The monoisotopic (exact) mass is 535 g/mol. The molecule has 2 fully saturated rings. The molecule has 8 nitrogen and oxygen atoms in total. The molecule has 2 aromatic carbocycles. The van der Waals surface area contributed by atoms with Gasteiger partial charge in [0.1, 0.15) is 5.82 Å². The van der Waals surface area contributed by atoms with Gasteiger partial charge in [0.05, 0.1) is 18.7 Å². The summed E-state index contributed by atoms with van der Waals surface area (Å²) in [4.78, 5) is 36.6. The summed E-state index contributed by atoms with van der Waals surface area (Å²) in [6.07, 6.45) is 0.344. The molecule has 0 aliphatic carbocycles. The largest absolute Gasteiger partial charge is 0.378 e. The van der Waals surface area contributed by atoms with Gasteiger partial charge in [-0.2, -0.15) is 0 Å². The summed E-state index contributed by atoms with van der Waals surface area (Å²) in [5.74, 6) is 0.801. The molecule has 2 aliphatic rings. The highest BCUT2D eigenvalue weighted by molar-refractivity contribution is 6.30. The highest BCUT2D eigenvalue weighted by atomic mass is 35.5. The SMILES string of the molecule is Cc1ccc(Cl)cc1N1CCN(C(=O)CCC(=O)Nc2ccc3nc(N4CCOCC4)cc(C)c3c2)CC1. The lowest BCUT2D eigenvalue weighted by Crippen LogP contribution is -2.49. The van der Waals surface area contributed by atoms with Crippen LogP contribution in [0.3, 0.4) is 0 Å². The van der Waals surface area contributed by atoms with Crippen molar-refractivity contribution in [3.05, 3.63) is 58.6 Å². The average molecular weight is 536 g/mol. The lowest BCUT2D eigenvalue weighted by Gasteiger charge is -2.37. The number of halogens is 1. The van der Waals surface area contributed by atoms with Gasteiger partial charge < -0.3 is 24.8 Å². The fourth-order valence-electron chi connectivity index (χ4n) is 5.13. The van der Waals surface area contributed by atoms with Gasteiger partial charge in [-0.05, 0) is 61.4 Å². The van der Waals surface area contributed by atoms with Crippen molar-refractivity contribution in [1.82, 2.24) is 9.88 Å². The number of benzene rings is 2. The van der Waals surface area contributed by atoms with Crippen LogP contribution in [0.15, 0.2) is 42.5 Å². The minimum atomic E-state index is -0.165. The fraction of sp³-hybridized carbons (Fsp3) is 0.414. The molecule has 38 heavy (non-hydrogen) atoms. The number of nitrogens with one attached hydrogen (secondary N) is 1. The first-order valence-corrected chi connectivity index (χ1v) is 13.6. The molecule has 0 spiro atoms. The smallest absolute Gasteiger partial charge is 0.224 e. The van der Waals surface area contributed by atoms with Crippen molar-refractivity contribution in [1.29, 1.82) is 0 Å². The number of carbonyl (C=O) groups is 2. The molecule has 0 unspecified atom stereocenters. The molecule has 3 aromatic rings. The van der Waals surface area contributed by atoms with E-state index in [0.717, 1.165) is 54.2 Å². The molecular formula is C29H34ClN5O3. The Labute approximate surface area is 228 Å². The minimum absolute atomic E-state index is 0.0109. The topological polar surface area (TPSA) is 78.0 Å². The van der Waals surface area contributed by atoms with Gasteiger partial charge in [0, 0.05) is 73.9 Å². The van der Waals surface area contributed by atoms with E-state index in [4.69, 9.17) is 21.3 Å². The van der Waals surface area contributed by atoms with Crippen molar-refractivity contribution in [3.63, 3.8) is 0 Å². The molecule has 1 N–H and O–H groups in total. The number of ether oxygens (including phenoxy) is 1. The Morgan fingerprint density at radius 1 is 0.895 bits per heavy atom. The second-order valence-corrected chi connectivity index (χ2v) is 10.4. The first-order chi connectivity index (χ1) is 18.4. The predicted molar refractivity (Wildman–Crippen MR) is 152 cm³/mol. The van der Waals surface area contributed by atoms with Crippen LogP contribution >= 0.6 is 11.6 Å². The number of anilines is 3. The highest BCUT2D eigenvalue weighted by Crippen LogP contribution is 2.27. The Balaban J connectivity index is 1.13. The van der Waals surface area contributed by atoms with Crippen LogP contribution < -0.4 is 15.1 Å². The van der Waals surface area contributed by atoms with Gasteiger partial charge in [-0.25, -0.2) is 4.98 Å². The number of morpholine rings is 1. The summed E-state index contributed by atoms with van der Waals surface area (Å²) in [7, 11) is 0. The normalized spacial score (nSPS) is 16.1. The van der Waals surface area contributed by atoms with Gasteiger partial charge in [0.25, 0.3) is 0 Å². The van der Waals surface area contributed by atoms with Crippen molar-refractivity contribution in [3.8, 4) is 0 Å². The number of amides is 2. The van der Waals surface area contributed by atoms with E-state index in [2.05, 4.69) is 35.0 Å². The third kappa shape index (κ3) is 6.03. The third-order valence-corrected chi connectivity index (χ3v) is 7.57. The van der Waals surface area contributed by atoms with Crippen LogP contribution in [-0.2, 0) is 14.3 Å². The number of aryl methyl sites for hydroxylation is 2. The zero-order valence-corrected chi connectivity index (χ0v) is 22.8. The first-order valence-electron chi connectivity index (χ1n) is 13.2. The number of hydrogen-bond donors (Lipinski definition) is 1. The summed E-state index contributed by atoms with van der Waals surface area (Å²) in [6.45, 7) is 9.99. The molecule has 3 heterocycles. The Bertz CT molecular complexity index is 1330. The molecule has 0 saturated carbocycles. The van der Waals surface area contributed by atoms with Crippen LogP contribution in [0.4, 0.5) is 17.2 Å². The standard InChI is InChI=1S/C29H34ClN5O3/c1-20-3-4-22(30)18-26(20)33-9-11-35(12-10-33)29(37)8-7-28(36)31-23-5-6-25-24(19-23)21(2)17-27(32-25)34-13-15-38-16-14-34/h3-6,17-19H,7-16H2,1-2H3,(H,31,36). The first kappa shape index (κ1) is 26.3. The van der Waals surface area contributed by atoms with Crippen LogP contribution in [0.2, 0.25) is 5.02 Å².